The lowest BCUT2D eigenvalue weighted by molar-refractivity contribution is 0.0685. The van der Waals surface area contributed by atoms with Crippen LogP contribution in [-0.4, -0.2) is 30.9 Å². The van der Waals surface area contributed by atoms with Crippen molar-refractivity contribution in [1.82, 2.24) is 0 Å². The van der Waals surface area contributed by atoms with Gasteiger partial charge >= 0.3 is 5.97 Å². The fraction of sp³-hybridized carbons (Fsp3) is 0.462. The Labute approximate surface area is 101 Å². The number of carbonyl (C=O) groups is 1. The Morgan fingerprint density at radius 1 is 1.29 bits per heavy atom. The summed E-state index contributed by atoms with van der Waals surface area (Å²) in [5, 5.41) is 9.02. The van der Waals surface area contributed by atoms with Crippen molar-refractivity contribution in [1.29, 1.82) is 0 Å². The van der Waals surface area contributed by atoms with E-state index in [4.69, 9.17) is 14.6 Å². The fourth-order valence-corrected chi connectivity index (χ4v) is 1.46. The molecular weight excluding hydrogens is 220 g/mol. The van der Waals surface area contributed by atoms with E-state index in [1.807, 2.05) is 19.9 Å². The summed E-state index contributed by atoms with van der Waals surface area (Å²) >= 11 is 0. The predicted octanol–water partition coefficient (Wildman–Crippen LogP) is 2.50. The van der Waals surface area contributed by atoms with E-state index < -0.39 is 5.97 Å². The number of hydrogen-bond acceptors (Lipinski definition) is 3. The van der Waals surface area contributed by atoms with Gasteiger partial charge in [0.2, 0.25) is 0 Å². The van der Waals surface area contributed by atoms with Crippen molar-refractivity contribution in [3.8, 4) is 5.75 Å². The number of hydrogen-bond donors (Lipinski definition) is 1. The van der Waals surface area contributed by atoms with E-state index in [0.717, 1.165) is 12.0 Å². The molecule has 0 bridgehead atoms. The summed E-state index contributed by atoms with van der Waals surface area (Å²) in [5.41, 5.74) is 1.01. The van der Waals surface area contributed by atoms with Crippen LogP contribution >= 0.6 is 0 Å². The van der Waals surface area contributed by atoms with Gasteiger partial charge in [0.1, 0.15) is 17.9 Å². The maximum atomic E-state index is 11.0. The Balaban J connectivity index is 2.60. The van der Waals surface area contributed by atoms with Crippen LogP contribution in [0.2, 0.25) is 0 Å². The maximum absolute atomic E-state index is 11.0. The molecule has 4 heteroatoms. The molecule has 0 aliphatic carbocycles. The molecular formula is C13H18O4. The van der Waals surface area contributed by atoms with Gasteiger partial charge in [-0.05, 0) is 25.0 Å². The molecule has 0 spiro atoms. The minimum absolute atomic E-state index is 0.195. The Morgan fingerprint density at radius 2 is 2.06 bits per heavy atom. The summed E-state index contributed by atoms with van der Waals surface area (Å²) in [4.78, 5) is 11.0. The monoisotopic (exact) mass is 238 g/mol. The highest BCUT2D eigenvalue weighted by Gasteiger charge is 2.12. The van der Waals surface area contributed by atoms with Crippen molar-refractivity contribution in [3.05, 3.63) is 29.3 Å². The van der Waals surface area contributed by atoms with E-state index in [1.165, 1.54) is 6.07 Å². The van der Waals surface area contributed by atoms with Crippen LogP contribution in [0, 0.1) is 6.92 Å². The highest BCUT2D eigenvalue weighted by Crippen LogP contribution is 2.23. The van der Waals surface area contributed by atoms with Crippen LogP contribution in [0.3, 0.4) is 0 Å². The van der Waals surface area contributed by atoms with Crippen LogP contribution in [0.1, 0.15) is 29.3 Å². The summed E-state index contributed by atoms with van der Waals surface area (Å²) in [6, 6.07) is 5.07. The fourth-order valence-electron chi connectivity index (χ4n) is 1.46. The van der Waals surface area contributed by atoms with Gasteiger partial charge in [0.25, 0.3) is 0 Å². The standard InChI is InChI=1S/C13H18O4/c1-3-7-16-8-9-17-12-10(2)5-4-6-11(12)13(14)15/h4-6H,3,7-9H2,1-2H3,(H,14,15). The number of benzene rings is 1. The number of carboxylic acids is 1. The van der Waals surface area contributed by atoms with Crippen molar-refractivity contribution < 1.29 is 19.4 Å². The zero-order valence-corrected chi connectivity index (χ0v) is 10.2. The normalized spacial score (nSPS) is 10.2. The van der Waals surface area contributed by atoms with Crippen molar-refractivity contribution in [2.24, 2.45) is 0 Å². The van der Waals surface area contributed by atoms with Crippen LogP contribution in [0.4, 0.5) is 0 Å². The Bertz CT molecular complexity index is 374. The van der Waals surface area contributed by atoms with Gasteiger partial charge in [-0.25, -0.2) is 4.79 Å². The Hall–Kier alpha value is -1.55. The molecule has 0 atom stereocenters. The number of ether oxygens (including phenoxy) is 2. The van der Waals surface area contributed by atoms with Gasteiger partial charge < -0.3 is 14.6 Å². The largest absolute Gasteiger partial charge is 0.490 e. The summed E-state index contributed by atoms with van der Waals surface area (Å²) in [5.74, 6) is -0.543. The zero-order valence-electron chi connectivity index (χ0n) is 10.2. The third kappa shape index (κ3) is 4.07. The van der Waals surface area contributed by atoms with Crippen LogP contribution in [0.15, 0.2) is 18.2 Å². The second-order valence-corrected chi connectivity index (χ2v) is 3.72. The molecule has 4 nitrogen and oxygen atoms in total. The van der Waals surface area contributed by atoms with Crippen molar-refractivity contribution in [2.75, 3.05) is 19.8 Å². The third-order valence-electron chi connectivity index (χ3n) is 2.26. The molecule has 1 aromatic carbocycles. The minimum atomic E-state index is -0.974. The van der Waals surface area contributed by atoms with Crippen molar-refractivity contribution in [3.63, 3.8) is 0 Å². The van der Waals surface area contributed by atoms with E-state index >= 15 is 0 Å². The quantitative estimate of drug-likeness (QED) is 0.741. The zero-order chi connectivity index (χ0) is 12.7. The number of rotatable bonds is 7. The first-order valence-corrected chi connectivity index (χ1v) is 5.70. The van der Waals surface area contributed by atoms with E-state index in [1.54, 1.807) is 6.07 Å². The summed E-state index contributed by atoms with van der Waals surface area (Å²) in [7, 11) is 0. The highest BCUT2D eigenvalue weighted by atomic mass is 16.5. The van der Waals surface area contributed by atoms with Gasteiger partial charge in [0, 0.05) is 6.61 Å². The molecule has 0 aromatic heterocycles. The molecule has 0 radical (unpaired) electrons. The molecule has 0 unspecified atom stereocenters. The maximum Gasteiger partial charge on any atom is 0.339 e. The van der Waals surface area contributed by atoms with Gasteiger partial charge in [-0.15, -0.1) is 0 Å². The van der Waals surface area contributed by atoms with E-state index in [2.05, 4.69) is 0 Å². The van der Waals surface area contributed by atoms with Crippen LogP contribution in [0.25, 0.3) is 0 Å². The molecule has 1 aromatic rings. The summed E-state index contributed by atoms with van der Waals surface area (Å²) in [6.45, 7) is 5.40. The second kappa shape index (κ2) is 6.91. The molecule has 94 valence electrons. The van der Waals surface area contributed by atoms with Gasteiger partial charge in [-0.1, -0.05) is 19.1 Å². The minimum Gasteiger partial charge on any atom is -0.490 e. The second-order valence-electron chi connectivity index (χ2n) is 3.72. The van der Waals surface area contributed by atoms with Crippen LogP contribution in [-0.2, 0) is 4.74 Å². The Morgan fingerprint density at radius 3 is 2.71 bits per heavy atom. The number of carboxylic acid groups (broad SMARTS) is 1. The first kappa shape index (κ1) is 13.5. The topological polar surface area (TPSA) is 55.8 Å². The molecule has 0 fully saturated rings. The van der Waals surface area contributed by atoms with Gasteiger partial charge in [-0.3, -0.25) is 0 Å². The molecule has 1 N–H and O–H groups in total. The third-order valence-corrected chi connectivity index (χ3v) is 2.26. The average molecular weight is 238 g/mol. The molecule has 1 rings (SSSR count). The molecule has 0 amide bonds. The summed E-state index contributed by atoms with van der Waals surface area (Å²) < 4.78 is 10.7. The lowest BCUT2D eigenvalue weighted by Gasteiger charge is -2.11. The van der Waals surface area contributed by atoms with Gasteiger partial charge in [0.05, 0.1) is 6.61 Å². The molecule has 0 saturated heterocycles. The van der Waals surface area contributed by atoms with Gasteiger partial charge in [0.15, 0.2) is 0 Å². The highest BCUT2D eigenvalue weighted by molar-refractivity contribution is 5.91. The number of aromatic carboxylic acids is 1. The van der Waals surface area contributed by atoms with Crippen molar-refractivity contribution in [2.45, 2.75) is 20.3 Å². The lowest BCUT2D eigenvalue weighted by atomic mass is 10.1. The van der Waals surface area contributed by atoms with E-state index in [9.17, 15) is 4.79 Å². The average Bonchev–Trinajstić information content (AvgIpc) is 2.30. The van der Waals surface area contributed by atoms with E-state index in [0.29, 0.717) is 25.6 Å². The SMILES string of the molecule is CCCOCCOc1c(C)cccc1C(=O)O. The predicted molar refractivity (Wildman–Crippen MR) is 64.7 cm³/mol. The first-order chi connectivity index (χ1) is 8.16. The lowest BCUT2D eigenvalue weighted by Crippen LogP contribution is -2.10. The van der Waals surface area contributed by atoms with Crippen LogP contribution in [0.5, 0.6) is 5.75 Å². The number of aryl methyl sites for hydroxylation is 1. The van der Waals surface area contributed by atoms with Crippen molar-refractivity contribution >= 4 is 5.97 Å². The molecule has 0 aliphatic heterocycles. The van der Waals surface area contributed by atoms with Gasteiger partial charge in [-0.2, -0.15) is 0 Å². The Kier molecular flexibility index (Phi) is 5.49. The first-order valence-electron chi connectivity index (χ1n) is 5.70. The smallest absolute Gasteiger partial charge is 0.339 e. The molecule has 17 heavy (non-hydrogen) atoms. The molecule has 0 heterocycles. The van der Waals surface area contributed by atoms with Crippen LogP contribution < -0.4 is 4.74 Å². The summed E-state index contributed by atoms with van der Waals surface area (Å²) in [6.07, 6.45) is 0.963. The number of para-hydroxylation sites is 1. The molecule has 0 saturated carbocycles. The molecule has 0 aliphatic rings. The van der Waals surface area contributed by atoms with E-state index in [-0.39, 0.29) is 5.56 Å².